The Morgan fingerprint density at radius 2 is 2.47 bits per heavy atom. The summed E-state index contributed by atoms with van der Waals surface area (Å²) in [7, 11) is 0. The van der Waals surface area contributed by atoms with Gasteiger partial charge < -0.3 is 11.1 Å². The van der Waals surface area contributed by atoms with Crippen LogP contribution in [0.4, 0.5) is 11.5 Å². The van der Waals surface area contributed by atoms with Crippen LogP contribution in [-0.2, 0) is 0 Å². The molecule has 0 aliphatic heterocycles. The summed E-state index contributed by atoms with van der Waals surface area (Å²) in [5.41, 5.74) is 6.22. The van der Waals surface area contributed by atoms with Crippen molar-refractivity contribution in [2.45, 2.75) is 19.4 Å². The number of nitrogens with one attached hydrogen (secondary N) is 1. The summed E-state index contributed by atoms with van der Waals surface area (Å²) in [6.45, 7) is 5.68. The molecule has 1 aromatic heterocycles. The Morgan fingerprint density at radius 1 is 1.73 bits per heavy atom. The molecular formula is C11H14N4. The minimum atomic E-state index is 0.241. The van der Waals surface area contributed by atoms with Crippen LogP contribution >= 0.6 is 0 Å². The lowest BCUT2D eigenvalue weighted by Crippen LogP contribution is -2.15. The maximum Gasteiger partial charge on any atom is 0.165 e. The van der Waals surface area contributed by atoms with E-state index in [1.807, 2.05) is 19.1 Å². The number of nitrogen functional groups attached to an aromatic ring is 1. The molecule has 1 heterocycles. The minimum absolute atomic E-state index is 0.241. The quantitative estimate of drug-likeness (QED) is 0.731. The lowest BCUT2D eigenvalue weighted by molar-refractivity contribution is 0.807. The van der Waals surface area contributed by atoms with Crippen molar-refractivity contribution >= 4 is 11.5 Å². The Hall–Kier alpha value is -2.02. The first kappa shape index (κ1) is 11.1. The summed E-state index contributed by atoms with van der Waals surface area (Å²) in [5.74, 6) is 0.662. The van der Waals surface area contributed by atoms with E-state index in [1.165, 1.54) is 0 Å². The molecule has 1 atom stereocenters. The number of pyridine rings is 1. The fourth-order valence-corrected chi connectivity index (χ4v) is 1.20. The summed E-state index contributed by atoms with van der Waals surface area (Å²) >= 11 is 0. The molecule has 1 rings (SSSR count). The second-order valence-corrected chi connectivity index (χ2v) is 3.32. The van der Waals surface area contributed by atoms with Gasteiger partial charge in [-0.15, -0.1) is 6.58 Å². The standard InChI is InChI=1S/C11H14N4/c1-3-4-8(2)14-11-6-5-9(13)10(7-12)15-11/h3,5-6,8H,1,4,13H2,2H3,(H,14,15). The van der Waals surface area contributed by atoms with Crippen LogP contribution in [0, 0.1) is 11.3 Å². The van der Waals surface area contributed by atoms with E-state index in [0.29, 0.717) is 11.5 Å². The second kappa shape index (κ2) is 5.01. The number of nitrogens with zero attached hydrogens (tertiary/aromatic N) is 2. The van der Waals surface area contributed by atoms with E-state index in [9.17, 15) is 0 Å². The topological polar surface area (TPSA) is 74.7 Å². The third-order valence-corrected chi connectivity index (χ3v) is 1.95. The van der Waals surface area contributed by atoms with E-state index in [2.05, 4.69) is 16.9 Å². The highest BCUT2D eigenvalue weighted by molar-refractivity contribution is 5.54. The van der Waals surface area contributed by atoms with E-state index in [0.717, 1.165) is 6.42 Å². The van der Waals surface area contributed by atoms with Crippen molar-refractivity contribution in [3.8, 4) is 6.07 Å². The van der Waals surface area contributed by atoms with E-state index < -0.39 is 0 Å². The average molecular weight is 202 g/mol. The van der Waals surface area contributed by atoms with Crippen LogP contribution in [0.3, 0.4) is 0 Å². The molecule has 1 aromatic rings. The van der Waals surface area contributed by atoms with Gasteiger partial charge in [0.2, 0.25) is 0 Å². The third-order valence-electron chi connectivity index (χ3n) is 1.95. The fourth-order valence-electron chi connectivity index (χ4n) is 1.20. The number of hydrogen-bond acceptors (Lipinski definition) is 4. The number of hydrogen-bond donors (Lipinski definition) is 2. The van der Waals surface area contributed by atoms with Crippen LogP contribution in [0.2, 0.25) is 0 Å². The molecule has 0 aliphatic carbocycles. The molecule has 78 valence electrons. The molecule has 0 saturated carbocycles. The highest BCUT2D eigenvalue weighted by atomic mass is 15.0. The zero-order valence-corrected chi connectivity index (χ0v) is 8.70. The summed E-state index contributed by atoms with van der Waals surface area (Å²) in [6, 6.07) is 5.62. The fraction of sp³-hybridized carbons (Fsp3) is 0.273. The first-order valence-electron chi connectivity index (χ1n) is 4.71. The lowest BCUT2D eigenvalue weighted by Gasteiger charge is -2.12. The molecule has 3 N–H and O–H groups in total. The van der Waals surface area contributed by atoms with Gasteiger partial charge in [0.15, 0.2) is 5.69 Å². The van der Waals surface area contributed by atoms with Crippen molar-refractivity contribution in [1.82, 2.24) is 4.98 Å². The zero-order chi connectivity index (χ0) is 11.3. The van der Waals surface area contributed by atoms with E-state index >= 15 is 0 Å². The molecule has 15 heavy (non-hydrogen) atoms. The van der Waals surface area contributed by atoms with Crippen LogP contribution in [0.25, 0.3) is 0 Å². The SMILES string of the molecule is C=CCC(C)Nc1ccc(N)c(C#N)n1. The van der Waals surface area contributed by atoms with Crippen LogP contribution in [0.15, 0.2) is 24.8 Å². The van der Waals surface area contributed by atoms with Crippen molar-refractivity contribution in [2.75, 3.05) is 11.1 Å². The van der Waals surface area contributed by atoms with Crippen LogP contribution in [0.1, 0.15) is 19.0 Å². The normalized spacial score (nSPS) is 11.5. The molecule has 0 radical (unpaired) electrons. The molecule has 0 fully saturated rings. The summed E-state index contributed by atoms with van der Waals surface area (Å²) in [5, 5.41) is 11.9. The maximum absolute atomic E-state index is 8.74. The molecule has 0 amide bonds. The number of aromatic nitrogens is 1. The predicted octanol–water partition coefficient (Wildman–Crippen LogP) is 1.91. The molecule has 1 unspecified atom stereocenters. The van der Waals surface area contributed by atoms with Gasteiger partial charge in [-0.2, -0.15) is 5.26 Å². The van der Waals surface area contributed by atoms with Crippen molar-refractivity contribution in [1.29, 1.82) is 5.26 Å². The lowest BCUT2D eigenvalue weighted by atomic mass is 10.2. The largest absolute Gasteiger partial charge is 0.396 e. The molecule has 0 saturated heterocycles. The zero-order valence-electron chi connectivity index (χ0n) is 8.70. The van der Waals surface area contributed by atoms with Gasteiger partial charge in [0.25, 0.3) is 0 Å². The first-order valence-corrected chi connectivity index (χ1v) is 4.71. The number of nitriles is 1. The Labute approximate surface area is 89.4 Å². The van der Waals surface area contributed by atoms with E-state index in [1.54, 1.807) is 12.1 Å². The molecule has 0 aromatic carbocycles. The van der Waals surface area contributed by atoms with Crippen molar-refractivity contribution in [2.24, 2.45) is 0 Å². The number of rotatable bonds is 4. The van der Waals surface area contributed by atoms with Crippen molar-refractivity contribution in [3.05, 3.63) is 30.5 Å². The van der Waals surface area contributed by atoms with Gasteiger partial charge in [0.05, 0.1) is 5.69 Å². The van der Waals surface area contributed by atoms with Crippen molar-refractivity contribution in [3.63, 3.8) is 0 Å². The molecule has 0 aliphatic rings. The first-order chi connectivity index (χ1) is 7.17. The highest BCUT2D eigenvalue weighted by Crippen LogP contribution is 2.13. The van der Waals surface area contributed by atoms with E-state index in [-0.39, 0.29) is 11.7 Å². The Balaban J connectivity index is 2.79. The molecule has 4 nitrogen and oxygen atoms in total. The number of anilines is 2. The van der Waals surface area contributed by atoms with Crippen LogP contribution in [-0.4, -0.2) is 11.0 Å². The summed E-state index contributed by atoms with van der Waals surface area (Å²) in [4.78, 5) is 4.08. The van der Waals surface area contributed by atoms with Gasteiger partial charge in [-0.25, -0.2) is 4.98 Å². The second-order valence-electron chi connectivity index (χ2n) is 3.32. The Kier molecular flexibility index (Phi) is 3.69. The van der Waals surface area contributed by atoms with Gasteiger partial charge in [-0.1, -0.05) is 6.08 Å². The molecule has 0 bridgehead atoms. The van der Waals surface area contributed by atoms with Gasteiger partial charge >= 0.3 is 0 Å². The average Bonchev–Trinajstić information content (AvgIpc) is 2.21. The smallest absolute Gasteiger partial charge is 0.165 e. The van der Waals surface area contributed by atoms with Gasteiger partial charge in [-0.05, 0) is 25.5 Å². The Bertz CT molecular complexity index is 392. The Morgan fingerprint density at radius 3 is 3.07 bits per heavy atom. The highest BCUT2D eigenvalue weighted by Gasteiger charge is 2.04. The van der Waals surface area contributed by atoms with Gasteiger partial charge in [0, 0.05) is 6.04 Å². The van der Waals surface area contributed by atoms with Crippen molar-refractivity contribution < 1.29 is 0 Å². The van der Waals surface area contributed by atoms with Gasteiger partial charge in [-0.3, -0.25) is 0 Å². The van der Waals surface area contributed by atoms with Crippen LogP contribution in [0.5, 0.6) is 0 Å². The van der Waals surface area contributed by atoms with Gasteiger partial charge in [0.1, 0.15) is 11.9 Å². The van der Waals surface area contributed by atoms with Crippen LogP contribution < -0.4 is 11.1 Å². The third kappa shape index (κ3) is 2.99. The summed E-state index contributed by atoms with van der Waals surface area (Å²) in [6.07, 6.45) is 2.67. The molecule has 0 spiro atoms. The van der Waals surface area contributed by atoms with E-state index in [4.69, 9.17) is 11.0 Å². The monoisotopic (exact) mass is 202 g/mol. The predicted molar refractivity (Wildman–Crippen MR) is 61.3 cm³/mol. The molecular weight excluding hydrogens is 188 g/mol. The molecule has 4 heteroatoms. The minimum Gasteiger partial charge on any atom is -0.396 e. The maximum atomic E-state index is 8.74. The number of nitrogens with two attached hydrogens (primary N) is 1. The summed E-state index contributed by atoms with van der Waals surface area (Å²) < 4.78 is 0.